The molecule has 0 saturated heterocycles. The number of carbonyl (C=O) groups excluding carboxylic acids is 1. The number of rotatable bonds is 3. The van der Waals surface area contributed by atoms with Crippen molar-refractivity contribution in [2.75, 3.05) is 0 Å². The summed E-state index contributed by atoms with van der Waals surface area (Å²) in [5, 5.41) is 0.575. The maximum atomic E-state index is 13.3. The van der Waals surface area contributed by atoms with Crippen LogP contribution in [0.2, 0.25) is 5.02 Å². The van der Waals surface area contributed by atoms with Crippen molar-refractivity contribution in [2.45, 2.75) is 0 Å². The van der Waals surface area contributed by atoms with Gasteiger partial charge in [-0.1, -0.05) is 23.7 Å². The molecule has 0 aliphatic rings. The maximum absolute atomic E-state index is 13.3. The number of hydrogen-bond acceptors (Lipinski definition) is 1. The molecule has 3 aromatic rings. The second-order valence-corrected chi connectivity index (χ2v) is 5.07. The van der Waals surface area contributed by atoms with Gasteiger partial charge in [0.2, 0.25) is 0 Å². The molecular formula is C17H11ClFNO. The van der Waals surface area contributed by atoms with Gasteiger partial charge in [0.15, 0.2) is 5.78 Å². The molecule has 1 N–H and O–H groups in total. The third-order valence-electron chi connectivity index (χ3n) is 3.23. The number of nitrogens with one attached hydrogen (secondary N) is 1. The van der Waals surface area contributed by atoms with Gasteiger partial charge in [-0.15, -0.1) is 0 Å². The SMILES string of the molecule is O=C(c1ccc(Cl)cc1)c1c[nH]cc1-c1cccc(F)c1. The first-order valence-electron chi connectivity index (χ1n) is 6.38. The highest BCUT2D eigenvalue weighted by Gasteiger charge is 2.16. The Hall–Kier alpha value is -2.39. The standard InChI is InChI=1S/C17H11ClFNO/c18-13-6-4-11(5-7-13)17(21)16-10-20-9-15(16)12-2-1-3-14(19)8-12/h1-10,20H. The molecule has 104 valence electrons. The minimum absolute atomic E-state index is 0.132. The molecule has 0 unspecified atom stereocenters. The number of ketones is 1. The molecule has 4 heteroatoms. The van der Waals surface area contributed by atoms with Gasteiger partial charge in [0, 0.05) is 34.1 Å². The smallest absolute Gasteiger partial charge is 0.195 e. The van der Waals surface area contributed by atoms with Gasteiger partial charge in [-0.2, -0.15) is 0 Å². The summed E-state index contributed by atoms with van der Waals surface area (Å²) in [6.07, 6.45) is 3.31. The van der Waals surface area contributed by atoms with Crippen LogP contribution in [0.25, 0.3) is 11.1 Å². The lowest BCUT2D eigenvalue weighted by Crippen LogP contribution is -2.01. The highest BCUT2D eigenvalue weighted by atomic mass is 35.5. The molecule has 1 heterocycles. The summed E-state index contributed by atoms with van der Waals surface area (Å²) in [5.41, 5.74) is 2.38. The van der Waals surface area contributed by atoms with Gasteiger partial charge in [-0.05, 0) is 42.0 Å². The summed E-state index contributed by atoms with van der Waals surface area (Å²) in [5.74, 6) is -0.467. The number of aromatic amines is 1. The van der Waals surface area contributed by atoms with Crippen LogP contribution in [0.3, 0.4) is 0 Å². The second-order valence-electron chi connectivity index (χ2n) is 4.63. The Kier molecular flexibility index (Phi) is 3.59. The van der Waals surface area contributed by atoms with Crippen molar-refractivity contribution in [3.8, 4) is 11.1 Å². The van der Waals surface area contributed by atoms with Crippen LogP contribution in [0.5, 0.6) is 0 Å². The third kappa shape index (κ3) is 2.73. The molecule has 0 atom stereocenters. The lowest BCUT2D eigenvalue weighted by molar-refractivity contribution is 0.103. The average molecular weight is 300 g/mol. The molecule has 0 radical (unpaired) electrons. The zero-order chi connectivity index (χ0) is 14.8. The molecule has 3 rings (SSSR count). The van der Waals surface area contributed by atoms with Gasteiger partial charge in [-0.3, -0.25) is 4.79 Å². The van der Waals surface area contributed by atoms with Crippen LogP contribution in [0.1, 0.15) is 15.9 Å². The molecule has 2 aromatic carbocycles. The summed E-state index contributed by atoms with van der Waals surface area (Å²) >= 11 is 5.83. The Balaban J connectivity index is 2.03. The zero-order valence-corrected chi connectivity index (χ0v) is 11.7. The first-order valence-corrected chi connectivity index (χ1v) is 6.76. The van der Waals surface area contributed by atoms with Crippen molar-refractivity contribution >= 4 is 17.4 Å². The predicted octanol–water partition coefficient (Wildman–Crippen LogP) is 4.71. The molecule has 0 amide bonds. The zero-order valence-electron chi connectivity index (χ0n) is 10.9. The lowest BCUT2D eigenvalue weighted by atomic mass is 9.98. The van der Waals surface area contributed by atoms with Crippen LogP contribution in [0, 0.1) is 5.82 Å². The van der Waals surface area contributed by atoms with Gasteiger partial charge in [-0.25, -0.2) is 4.39 Å². The van der Waals surface area contributed by atoms with Gasteiger partial charge in [0.05, 0.1) is 0 Å². The predicted molar refractivity (Wildman–Crippen MR) is 81.1 cm³/mol. The van der Waals surface area contributed by atoms with Crippen LogP contribution in [-0.4, -0.2) is 10.8 Å². The number of aromatic nitrogens is 1. The molecule has 0 spiro atoms. The van der Waals surface area contributed by atoms with Gasteiger partial charge >= 0.3 is 0 Å². The Morgan fingerprint density at radius 2 is 1.81 bits per heavy atom. The van der Waals surface area contributed by atoms with E-state index < -0.39 is 0 Å². The van der Waals surface area contributed by atoms with Crippen molar-refractivity contribution in [2.24, 2.45) is 0 Å². The van der Waals surface area contributed by atoms with E-state index in [0.717, 1.165) is 0 Å². The molecule has 0 fully saturated rings. The molecule has 0 aliphatic heterocycles. The molecule has 2 nitrogen and oxygen atoms in total. The minimum Gasteiger partial charge on any atom is -0.366 e. The Labute approximate surface area is 126 Å². The number of hydrogen-bond donors (Lipinski definition) is 1. The van der Waals surface area contributed by atoms with E-state index in [1.54, 1.807) is 48.8 Å². The molecule has 1 aromatic heterocycles. The summed E-state index contributed by atoms with van der Waals surface area (Å²) in [6, 6.07) is 12.9. The van der Waals surface area contributed by atoms with Crippen molar-refractivity contribution in [3.63, 3.8) is 0 Å². The monoisotopic (exact) mass is 299 g/mol. The van der Waals surface area contributed by atoms with E-state index in [1.807, 2.05) is 0 Å². The van der Waals surface area contributed by atoms with Crippen LogP contribution >= 0.6 is 11.6 Å². The largest absolute Gasteiger partial charge is 0.366 e. The van der Waals surface area contributed by atoms with E-state index in [4.69, 9.17) is 11.6 Å². The Morgan fingerprint density at radius 1 is 1.05 bits per heavy atom. The van der Waals surface area contributed by atoms with Crippen molar-refractivity contribution in [1.82, 2.24) is 4.98 Å². The maximum Gasteiger partial charge on any atom is 0.195 e. The number of benzene rings is 2. The molecule has 0 saturated carbocycles. The fraction of sp³-hybridized carbons (Fsp3) is 0. The van der Waals surface area contributed by atoms with Gasteiger partial charge in [0.25, 0.3) is 0 Å². The van der Waals surface area contributed by atoms with Crippen LogP contribution < -0.4 is 0 Å². The van der Waals surface area contributed by atoms with E-state index in [0.29, 0.717) is 27.3 Å². The van der Waals surface area contributed by atoms with E-state index in [-0.39, 0.29) is 11.6 Å². The van der Waals surface area contributed by atoms with Crippen molar-refractivity contribution in [3.05, 3.63) is 82.9 Å². The van der Waals surface area contributed by atoms with Gasteiger partial charge in [0.1, 0.15) is 5.82 Å². The Morgan fingerprint density at radius 3 is 2.52 bits per heavy atom. The van der Waals surface area contributed by atoms with Crippen LogP contribution in [-0.2, 0) is 0 Å². The first-order chi connectivity index (χ1) is 10.1. The van der Waals surface area contributed by atoms with Crippen molar-refractivity contribution in [1.29, 1.82) is 0 Å². The van der Waals surface area contributed by atoms with Crippen molar-refractivity contribution < 1.29 is 9.18 Å². The quantitative estimate of drug-likeness (QED) is 0.698. The van der Waals surface area contributed by atoms with E-state index >= 15 is 0 Å². The highest BCUT2D eigenvalue weighted by molar-refractivity contribution is 6.30. The highest BCUT2D eigenvalue weighted by Crippen LogP contribution is 2.26. The summed E-state index contributed by atoms with van der Waals surface area (Å²) in [7, 11) is 0. The Bertz CT molecular complexity index is 793. The molecule has 0 bridgehead atoms. The fourth-order valence-electron chi connectivity index (χ4n) is 2.20. The average Bonchev–Trinajstić information content (AvgIpc) is 2.97. The number of halogens is 2. The first kappa shape index (κ1) is 13.6. The topological polar surface area (TPSA) is 32.9 Å². The number of carbonyl (C=O) groups is 1. The summed E-state index contributed by atoms with van der Waals surface area (Å²) in [6.45, 7) is 0. The van der Waals surface area contributed by atoms with Gasteiger partial charge < -0.3 is 4.98 Å². The van der Waals surface area contributed by atoms with E-state index in [1.165, 1.54) is 12.1 Å². The molecule has 0 aliphatic carbocycles. The minimum atomic E-state index is -0.335. The van der Waals surface area contributed by atoms with Crippen LogP contribution in [0.4, 0.5) is 4.39 Å². The fourth-order valence-corrected chi connectivity index (χ4v) is 2.33. The second kappa shape index (κ2) is 5.54. The third-order valence-corrected chi connectivity index (χ3v) is 3.48. The van der Waals surface area contributed by atoms with E-state index in [9.17, 15) is 9.18 Å². The summed E-state index contributed by atoms with van der Waals surface area (Å²) < 4.78 is 13.3. The lowest BCUT2D eigenvalue weighted by Gasteiger charge is -2.04. The molecule has 21 heavy (non-hydrogen) atoms. The van der Waals surface area contributed by atoms with Crippen LogP contribution in [0.15, 0.2) is 60.9 Å². The normalized spacial score (nSPS) is 10.6. The van der Waals surface area contributed by atoms with E-state index in [2.05, 4.69) is 4.98 Å². The number of H-pyrrole nitrogens is 1. The summed E-state index contributed by atoms with van der Waals surface area (Å²) in [4.78, 5) is 15.4. The molecular weight excluding hydrogens is 289 g/mol.